The minimum Gasteiger partial charge on any atom is -0.488 e. The summed E-state index contributed by atoms with van der Waals surface area (Å²) in [5.74, 6) is 0.935. The lowest BCUT2D eigenvalue weighted by Gasteiger charge is -2.20. The highest BCUT2D eigenvalue weighted by molar-refractivity contribution is 9.10. The van der Waals surface area contributed by atoms with Gasteiger partial charge in [-0.25, -0.2) is 0 Å². The number of carbonyl (C=O) groups is 1. The Bertz CT molecular complexity index is 395. The Balaban J connectivity index is 2.32. The Kier molecular flexibility index (Phi) is 6.87. The molecule has 106 valence electrons. The Morgan fingerprint density at radius 3 is 2.63 bits per heavy atom. The normalized spacial score (nSPS) is 13.7. The van der Waals surface area contributed by atoms with Crippen molar-refractivity contribution < 1.29 is 14.4 Å². The summed E-state index contributed by atoms with van der Waals surface area (Å²) in [7, 11) is 2.00. The third-order valence-corrected chi connectivity index (χ3v) is 3.59. The molecule has 0 aliphatic carbocycles. The van der Waals surface area contributed by atoms with Gasteiger partial charge in [0.05, 0.1) is 7.05 Å². The van der Waals surface area contributed by atoms with E-state index in [9.17, 15) is 4.79 Å². The summed E-state index contributed by atoms with van der Waals surface area (Å²) in [6.07, 6.45) is 0. The number of halogens is 1. The zero-order valence-corrected chi connectivity index (χ0v) is 13.3. The van der Waals surface area contributed by atoms with E-state index in [0.717, 1.165) is 21.7 Å². The number of amides is 1. The molecule has 0 aliphatic heterocycles. The van der Waals surface area contributed by atoms with Crippen LogP contribution in [0.4, 0.5) is 0 Å². The summed E-state index contributed by atoms with van der Waals surface area (Å²) >= 11 is 3.38. The van der Waals surface area contributed by atoms with Crippen LogP contribution >= 0.6 is 15.9 Å². The summed E-state index contributed by atoms with van der Waals surface area (Å²) < 4.78 is 6.68. The zero-order valence-electron chi connectivity index (χ0n) is 11.7. The van der Waals surface area contributed by atoms with Crippen LogP contribution in [0, 0.1) is 0 Å². The Morgan fingerprint density at radius 2 is 2.05 bits per heavy atom. The van der Waals surface area contributed by atoms with E-state index in [4.69, 9.17) is 4.74 Å². The van der Waals surface area contributed by atoms with Crippen molar-refractivity contribution in [2.45, 2.75) is 19.9 Å². The van der Waals surface area contributed by atoms with Gasteiger partial charge < -0.3 is 15.0 Å². The first kappa shape index (κ1) is 16.0. The molecule has 1 aromatic rings. The smallest absolute Gasteiger partial charge is 0.277 e. The lowest BCUT2D eigenvalue weighted by Crippen LogP contribution is -3.14. The second kappa shape index (κ2) is 8.17. The number of ether oxygens (including phenoxy) is 1. The molecule has 0 bridgehead atoms. The van der Waals surface area contributed by atoms with Crippen LogP contribution in [0.25, 0.3) is 0 Å². The number of nitrogens with one attached hydrogen (secondary N) is 2. The molecular formula is C14H22BrN2O2+. The van der Waals surface area contributed by atoms with Crippen LogP contribution in [0.2, 0.25) is 0 Å². The van der Waals surface area contributed by atoms with E-state index in [1.165, 1.54) is 0 Å². The molecule has 0 saturated carbocycles. The summed E-state index contributed by atoms with van der Waals surface area (Å²) in [5.41, 5.74) is 0. The average molecular weight is 330 g/mol. The molecule has 2 atom stereocenters. The van der Waals surface area contributed by atoms with Crippen LogP contribution in [0.3, 0.4) is 0 Å². The van der Waals surface area contributed by atoms with Gasteiger partial charge in [0.15, 0.2) is 6.04 Å². The molecule has 0 radical (unpaired) electrons. The van der Waals surface area contributed by atoms with Crippen LogP contribution in [-0.4, -0.2) is 38.7 Å². The predicted octanol–water partition coefficient (Wildman–Crippen LogP) is 0.867. The first-order valence-electron chi connectivity index (χ1n) is 6.53. The summed E-state index contributed by atoms with van der Waals surface area (Å²) in [4.78, 5) is 12.8. The highest BCUT2D eigenvalue weighted by Crippen LogP contribution is 2.15. The summed E-state index contributed by atoms with van der Waals surface area (Å²) in [6, 6.07) is 7.68. The molecule has 1 unspecified atom stereocenters. The molecule has 1 amide bonds. The Labute approximate surface area is 123 Å². The molecule has 1 rings (SSSR count). The molecule has 0 fully saturated rings. The topological polar surface area (TPSA) is 42.8 Å². The van der Waals surface area contributed by atoms with Crippen molar-refractivity contribution in [3.05, 3.63) is 28.7 Å². The van der Waals surface area contributed by atoms with Crippen LogP contribution in [0.5, 0.6) is 5.75 Å². The minimum absolute atomic E-state index is 0.0616. The highest BCUT2D eigenvalue weighted by Gasteiger charge is 2.20. The molecular weight excluding hydrogens is 308 g/mol. The third kappa shape index (κ3) is 5.61. The van der Waals surface area contributed by atoms with Gasteiger partial charge in [-0.05, 0) is 38.1 Å². The molecule has 0 spiro atoms. The van der Waals surface area contributed by atoms with Crippen molar-refractivity contribution in [2.24, 2.45) is 0 Å². The largest absolute Gasteiger partial charge is 0.488 e. The molecule has 0 aromatic heterocycles. The third-order valence-electron chi connectivity index (χ3n) is 3.06. The van der Waals surface area contributed by atoms with Gasteiger partial charge in [0.25, 0.3) is 5.91 Å². The molecule has 1 aromatic carbocycles. The van der Waals surface area contributed by atoms with Gasteiger partial charge in [0, 0.05) is 11.0 Å². The fourth-order valence-corrected chi connectivity index (χ4v) is 1.89. The Hall–Kier alpha value is -1.07. The van der Waals surface area contributed by atoms with Crippen molar-refractivity contribution in [2.75, 3.05) is 26.7 Å². The second-order valence-corrected chi connectivity index (χ2v) is 5.43. The number of rotatable bonds is 7. The lowest BCUT2D eigenvalue weighted by molar-refractivity contribution is -0.894. The minimum atomic E-state index is -0.0616. The number of likely N-dealkylation sites (N-methyl/N-ethyl adjacent to an activating group) is 2. The van der Waals surface area contributed by atoms with Gasteiger partial charge in [-0.2, -0.15) is 0 Å². The molecule has 0 heterocycles. The number of hydrogen-bond donors (Lipinski definition) is 2. The van der Waals surface area contributed by atoms with Crippen molar-refractivity contribution in [1.29, 1.82) is 0 Å². The number of benzene rings is 1. The molecule has 4 nitrogen and oxygen atoms in total. The van der Waals surface area contributed by atoms with Crippen molar-refractivity contribution in [1.82, 2.24) is 5.32 Å². The Morgan fingerprint density at radius 1 is 1.42 bits per heavy atom. The van der Waals surface area contributed by atoms with Crippen LogP contribution in [-0.2, 0) is 4.79 Å². The number of quaternary nitrogens is 1. The molecule has 5 heteroatoms. The standard InChI is InChI=1S/C14H21BrN2O2/c1-4-16-14(18)11(2)17(3)9-10-19-13-7-5-12(15)6-8-13/h5-8,11H,4,9-10H2,1-3H3,(H,16,18)/p+1/t11-/m0/s1. The number of carbonyl (C=O) groups excluding carboxylic acids is 1. The van der Waals surface area contributed by atoms with E-state index in [1.54, 1.807) is 0 Å². The van der Waals surface area contributed by atoms with Crippen LogP contribution in [0.15, 0.2) is 28.7 Å². The number of hydrogen-bond acceptors (Lipinski definition) is 2. The monoisotopic (exact) mass is 329 g/mol. The lowest BCUT2D eigenvalue weighted by atomic mass is 10.3. The molecule has 19 heavy (non-hydrogen) atoms. The second-order valence-electron chi connectivity index (χ2n) is 4.52. The highest BCUT2D eigenvalue weighted by atomic mass is 79.9. The van der Waals surface area contributed by atoms with E-state index in [1.807, 2.05) is 45.2 Å². The van der Waals surface area contributed by atoms with Gasteiger partial charge in [-0.15, -0.1) is 0 Å². The van der Waals surface area contributed by atoms with Crippen LogP contribution in [0.1, 0.15) is 13.8 Å². The predicted molar refractivity (Wildman–Crippen MR) is 79.5 cm³/mol. The maximum atomic E-state index is 11.7. The zero-order chi connectivity index (χ0) is 14.3. The van der Waals surface area contributed by atoms with Crippen molar-refractivity contribution in [3.63, 3.8) is 0 Å². The first-order chi connectivity index (χ1) is 9.04. The fourth-order valence-electron chi connectivity index (χ4n) is 1.63. The van der Waals surface area contributed by atoms with Gasteiger partial charge in [0.1, 0.15) is 18.9 Å². The molecule has 0 aliphatic rings. The summed E-state index contributed by atoms with van der Waals surface area (Å²) in [5, 5.41) is 2.83. The van der Waals surface area contributed by atoms with E-state index in [2.05, 4.69) is 21.2 Å². The maximum absolute atomic E-state index is 11.7. The average Bonchev–Trinajstić information content (AvgIpc) is 2.40. The van der Waals surface area contributed by atoms with E-state index >= 15 is 0 Å². The van der Waals surface area contributed by atoms with E-state index < -0.39 is 0 Å². The summed E-state index contributed by atoms with van der Waals surface area (Å²) in [6.45, 7) is 5.91. The molecule has 2 N–H and O–H groups in total. The van der Waals surface area contributed by atoms with Gasteiger partial charge in [0.2, 0.25) is 0 Å². The fraction of sp³-hybridized carbons (Fsp3) is 0.500. The maximum Gasteiger partial charge on any atom is 0.277 e. The van der Waals surface area contributed by atoms with Gasteiger partial charge >= 0.3 is 0 Å². The van der Waals surface area contributed by atoms with Gasteiger partial charge in [-0.1, -0.05) is 15.9 Å². The van der Waals surface area contributed by atoms with Crippen molar-refractivity contribution >= 4 is 21.8 Å². The van der Waals surface area contributed by atoms with Crippen LogP contribution < -0.4 is 15.0 Å². The van der Waals surface area contributed by atoms with E-state index in [-0.39, 0.29) is 11.9 Å². The molecule has 0 saturated heterocycles. The van der Waals surface area contributed by atoms with E-state index in [0.29, 0.717) is 13.2 Å². The first-order valence-corrected chi connectivity index (χ1v) is 7.32. The SMILES string of the molecule is CCNC(=O)[C@H](C)[NH+](C)CCOc1ccc(Br)cc1. The quantitative estimate of drug-likeness (QED) is 0.779. The van der Waals surface area contributed by atoms with Crippen molar-refractivity contribution in [3.8, 4) is 5.75 Å². The van der Waals surface area contributed by atoms with Gasteiger partial charge in [-0.3, -0.25) is 4.79 Å².